The summed E-state index contributed by atoms with van der Waals surface area (Å²) in [5.41, 5.74) is 1.09. The van der Waals surface area contributed by atoms with Crippen LogP contribution in [0.1, 0.15) is 37.7 Å². The summed E-state index contributed by atoms with van der Waals surface area (Å²) in [7, 11) is 0. The van der Waals surface area contributed by atoms with Crippen molar-refractivity contribution < 1.29 is 9.53 Å². The molecule has 2 aliphatic heterocycles. The van der Waals surface area contributed by atoms with Gasteiger partial charge in [0.2, 0.25) is 5.91 Å². The van der Waals surface area contributed by atoms with Gasteiger partial charge in [-0.1, -0.05) is 30.3 Å². The van der Waals surface area contributed by atoms with Crippen LogP contribution in [-0.4, -0.2) is 18.0 Å². The van der Waals surface area contributed by atoms with Gasteiger partial charge in [-0.2, -0.15) is 0 Å². The average molecular weight is 350 g/mol. The number of para-hydroxylation sites is 1. The summed E-state index contributed by atoms with van der Waals surface area (Å²) >= 11 is 0. The molecular formula is C22H26N2O2. The molecule has 2 atom stereocenters. The van der Waals surface area contributed by atoms with Gasteiger partial charge in [-0.3, -0.25) is 4.79 Å². The molecule has 136 valence electrons. The molecule has 2 heterocycles. The third-order valence-electron chi connectivity index (χ3n) is 5.44. The molecule has 0 radical (unpaired) electrons. The fourth-order valence-electron chi connectivity index (χ4n) is 4.18. The van der Waals surface area contributed by atoms with Gasteiger partial charge in [0.15, 0.2) is 0 Å². The minimum atomic E-state index is 0.168. The van der Waals surface area contributed by atoms with Crippen LogP contribution in [0.4, 0.5) is 0 Å². The molecule has 0 aromatic heterocycles. The molecule has 1 amide bonds. The number of rotatable bonds is 6. The zero-order chi connectivity index (χ0) is 17.8. The lowest BCUT2D eigenvalue weighted by Crippen LogP contribution is -2.39. The lowest BCUT2D eigenvalue weighted by molar-refractivity contribution is -0.122. The third kappa shape index (κ3) is 4.44. The Balaban J connectivity index is 1.23. The number of piperidine rings is 1. The monoisotopic (exact) mass is 350 g/mol. The molecule has 2 bridgehead atoms. The second-order valence-electron chi connectivity index (χ2n) is 7.52. The lowest BCUT2D eigenvalue weighted by atomic mass is 9.89. The van der Waals surface area contributed by atoms with Crippen LogP contribution < -0.4 is 15.4 Å². The van der Waals surface area contributed by atoms with Crippen LogP contribution in [0.25, 0.3) is 0 Å². The largest absolute Gasteiger partial charge is 0.457 e. The van der Waals surface area contributed by atoms with E-state index in [1.807, 2.05) is 54.6 Å². The molecule has 0 saturated carbocycles. The van der Waals surface area contributed by atoms with E-state index in [4.69, 9.17) is 4.74 Å². The smallest absolute Gasteiger partial charge is 0.220 e. The summed E-state index contributed by atoms with van der Waals surface area (Å²) in [5, 5.41) is 6.70. The fraction of sp³-hybridized carbons (Fsp3) is 0.409. The highest BCUT2D eigenvalue weighted by molar-refractivity contribution is 5.76. The molecule has 4 heteroatoms. The number of benzene rings is 2. The Bertz CT molecular complexity index is 718. The quantitative estimate of drug-likeness (QED) is 0.827. The van der Waals surface area contributed by atoms with Crippen molar-refractivity contribution in [1.29, 1.82) is 0 Å². The van der Waals surface area contributed by atoms with Crippen molar-refractivity contribution in [2.24, 2.45) is 5.92 Å². The molecule has 4 nitrogen and oxygen atoms in total. The minimum absolute atomic E-state index is 0.168. The van der Waals surface area contributed by atoms with Crippen molar-refractivity contribution in [1.82, 2.24) is 10.6 Å². The maximum absolute atomic E-state index is 12.3. The van der Waals surface area contributed by atoms with Gasteiger partial charge >= 0.3 is 0 Å². The second kappa shape index (κ2) is 7.92. The van der Waals surface area contributed by atoms with E-state index in [1.54, 1.807) is 0 Å². The highest BCUT2D eigenvalue weighted by Crippen LogP contribution is 2.32. The van der Waals surface area contributed by atoms with E-state index in [0.29, 0.717) is 31.0 Å². The van der Waals surface area contributed by atoms with Gasteiger partial charge < -0.3 is 15.4 Å². The summed E-state index contributed by atoms with van der Waals surface area (Å²) < 4.78 is 5.79. The van der Waals surface area contributed by atoms with Gasteiger partial charge in [0.1, 0.15) is 11.5 Å². The number of nitrogens with one attached hydrogen (secondary N) is 2. The van der Waals surface area contributed by atoms with Crippen molar-refractivity contribution in [3.63, 3.8) is 0 Å². The van der Waals surface area contributed by atoms with Crippen molar-refractivity contribution in [2.75, 3.05) is 0 Å². The Morgan fingerprint density at radius 1 is 0.962 bits per heavy atom. The van der Waals surface area contributed by atoms with Gasteiger partial charge in [-0.05, 0) is 61.4 Å². The molecule has 2 aromatic carbocycles. The Morgan fingerprint density at radius 2 is 1.62 bits per heavy atom. The number of ether oxygens (including phenoxy) is 1. The highest BCUT2D eigenvalue weighted by Gasteiger charge is 2.34. The van der Waals surface area contributed by atoms with E-state index < -0.39 is 0 Å². The van der Waals surface area contributed by atoms with Crippen LogP contribution in [0.15, 0.2) is 54.6 Å². The standard InChI is InChI=1S/C22H26N2O2/c25-22(14-17-12-18-8-9-19(13-17)24-18)23-15-16-6-10-21(11-7-16)26-20-4-2-1-3-5-20/h1-7,10-11,17-19,24H,8-9,12-15H2,(H,23,25). The number of amides is 1. The molecular weight excluding hydrogens is 324 g/mol. The van der Waals surface area contributed by atoms with Crippen LogP contribution in [0.2, 0.25) is 0 Å². The SMILES string of the molecule is O=C(CC1CC2CCC(C1)N2)NCc1ccc(Oc2ccccc2)cc1. The highest BCUT2D eigenvalue weighted by atomic mass is 16.5. The minimum Gasteiger partial charge on any atom is -0.457 e. The number of carbonyl (C=O) groups excluding carboxylic acids is 1. The van der Waals surface area contributed by atoms with Gasteiger partial charge in [-0.15, -0.1) is 0 Å². The van der Waals surface area contributed by atoms with E-state index in [-0.39, 0.29) is 5.91 Å². The Morgan fingerprint density at radius 3 is 2.31 bits per heavy atom. The van der Waals surface area contributed by atoms with E-state index in [9.17, 15) is 4.79 Å². The summed E-state index contributed by atoms with van der Waals surface area (Å²) in [6.45, 7) is 0.572. The molecule has 26 heavy (non-hydrogen) atoms. The molecule has 4 rings (SSSR count). The van der Waals surface area contributed by atoms with Crippen LogP contribution in [0.5, 0.6) is 11.5 Å². The fourth-order valence-corrected chi connectivity index (χ4v) is 4.18. The topological polar surface area (TPSA) is 50.4 Å². The first kappa shape index (κ1) is 17.1. The first-order chi connectivity index (χ1) is 12.7. The molecule has 2 N–H and O–H groups in total. The lowest BCUT2D eigenvalue weighted by Gasteiger charge is -2.28. The summed E-state index contributed by atoms with van der Waals surface area (Å²) in [4.78, 5) is 12.3. The van der Waals surface area contributed by atoms with Crippen LogP contribution in [0, 0.1) is 5.92 Å². The number of hydrogen-bond acceptors (Lipinski definition) is 3. The van der Waals surface area contributed by atoms with E-state index in [2.05, 4.69) is 10.6 Å². The molecule has 2 aliphatic rings. The van der Waals surface area contributed by atoms with Gasteiger partial charge in [0, 0.05) is 25.0 Å². The van der Waals surface area contributed by atoms with Gasteiger partial charge in [-0.25, -0.2) is 0 Å². The summed E-state index contributed by atoms with van der Waals surface area (Å²) in [6, 6.07) is 18.9. The zero-order valence-corrected chi connectivity index (χ0v) is 15.0. The van der Waals surface area contributed by atoms with Gasteiger partial charge in [0.05, 0.1) is 0 Å². The summed E-state index contributed by atoms with van der Waals surface area (Å²) in [5.74, 6) is 2.33. The number of fused-ring (bicyclic) bond motifs is 2. The molecule has 2 fully saturated rings. The van der Waals surface area contributed by atoms with E-state index in [0.717, 1.165) is 29.9 Å². The van der Waals surface area contributed by atoms with Crippen LogP contribution in [0.3, 0.4) is 0 Å². The van der Waals surface area contributed by atoms with Crippen molar-refractivity contribution in [2.45, 2.75) is 50.7 Å². The molecule has 2 unspecified atom stereocenters. The number of carbonyl (C=O) groups is 1. The predicted molar refractivity (Wildman–Crippen MR) is 102 cm³/mol. The molecule has 2 aromatic rings. The van der Waals surface area contributed by atoms with Crippen molar-refractivity contribution in [3.05, 3.63) is 60.2 Å². The Labute approximate surface area is 155 Å². The van der Waals surface area contributed by atoms with Crippen molar-refractivity contribution in [3.8, 4) is 11.5 Å². The van der Waals surface area contributed by atoms with Crippen LogP contribution in [-0.2, 0) is 11.3 Å². The Kier molecular flexibility index (Phi) is 5.21. The molecule has 0 spiro atoms. The molecule has 2 saturated heterocycles. The first-order valence-electron chi connectivity index (χ1n) is 9.59. The zero-order valence-electron chi connectivity index (χ0n) is 15.0. The number of hydrogen-bond donors (Lipinski definition) is 2. The van der Waals surface area contributed by atoms with Gasteiger partial charge in [0.25, 0.3) is 0 Å². The third-order valence-corrected chi connectivity index (χ3v) is 5.44. The Hall–Kier alpha value is -2.33. The van der Waals surface area contributed by atoms with Crippen LogP contribution >= 0.6 is 0 Å². The maximum atomic E-state index is 12.3. The normalized spacial score (nSPS) is 24.2. The average Bonchev–Trinajstić information content (AvgIpc) is 3.00. The van der Waals surface area contributed by atoms with E-state index in [1.165, 1.54) is 12.8 Å². The first-order valence-corrected chi connectivity index (χ1v) is 9.59. The van der Waals surface area contributed by atoms with Crippen molar-refractivity contribution >= 4 is 5.91 Å². The van der Waals surface area contributed by atoms with E-state index >= 15 is 0 Å². The summed E-state index contributed by atoms with van der Waals surface area (Å²) in [6.07, 6.45) is 5.51. The predicted octanol–water partition coefficient (Wildman–Crippen LogP) is 4.02. The molecule has 0 aliphatic carbocycles. The second-order valence-corrected chi connectivity index (χ2v) is 7.52. The maximum Gasteiger partial charge on any atom is 0.220 e.